The lowest BCUT2D eigenvalue weighted by Crippen LogP contribution is -2.39. The van der Waals surface area contributed by atoms with E-state index in [2.05, 4.69) is 15.2 Å². The molecule has 146 valence electrons. The van der Waals surface area contributed by atoms with Crippen molar-refractivity contribution in [2.24, 2.45) is 7.05 Å². The van der Waals surface area contributed by atoms with Crippen LogP contribution in [0, 0.1) is 6.92 Å². The van der Waals surface area contributed by atoms with Gasteiger partial charge in [0.05, 0.1) is 0 Å². The summed E-state index contributed by atoms with van der Waals surface area (Å²) in [6.07, 6.45) is 1.82. The number of benzene rings is 1. The van der Waals surface area contributed by atoms with E-state index in [-0.39, 0.29) is 18.4 Å². The summed E-state index contributed by atoms with van der Waals surface area (Å²) in [4.78, 5) is 19.1. The molecule has 1 atom stereocenters. The molecule has 0 aliphatic carbocycles. The van der Waals surface area contributed by atoms with Gasteiger partial charge in [-0.15, -0.1) is 0 Å². The van der Waals surface area contributed by atoms with Gasteiger partial charge in [-0.2, -0.15) is 10.1 Å². The number of amides is 1. The number of piperidine rings is 1. The Morgan fingerprint density at radius 2 is 2.14 bits per heavy atom. The summed E-state index contributed by atoms with van der Waals surface area (Å²) in [6.45, 7) is 3.43. The molecule has 8 heteroatoms. The molecule has 0 N–H and O–H groups in total. The third-order valence-electron chi connectivity index (χ3n) is 5.00. The number of ether oxygens (including phenoxy) is 1. The van der Waals surface area contributed by atoms with E-state index in [1.165, 1.54) is 0 Å². The Hall–Kier alpha value is -3.16. The highest BCUT2D eigenvalue weighted by Gasteiger charge is 2.29. The summed E-state index contributed by atoms with van der Waals surface area (Å²) in [5, 5.41) is 8.41. The van der Waals surface area contributed by atoms with Gasteiger partial charge in [-0.25, -0.2) is 0 Å². The molecule has 0 radical (unpaired) electrons. The number of aromatic nitrogens is 4. The number of para-hydroxylation sites is 1. The molecule has 1 fully saturated rings. The molecule has 28 heavy (non-hydrogen) atoms. The molecule has 1 unspecified atom stereocenters. The van der Waals surface area contributed by atoms with Crippen molar-refractivity contribution in [3.8, 4) is 5.75 Å². The van der Waals surface area contributed by atoms with Crippen molar-refractivity contribution in [3.05, 3.63) is 59.5 Å². The van der Waals surface area contributed by atoms with E-state index in [9.17, 15) is 4.79 Å². The monoisotopic (exact) mass is 381 g/mol. The first-order valence-electron chi connectivity index (χ1n) is 9.40. The molecule has 4 rings (SSSR count). The maximum absolute atomic E-state index is 12.8. The Balaban J connectivity index is 1.39. The van der Waals surface area contributed by atoms with Crippen molar-refractivity contribution in [2.45, 2.75) is 32.3 Å². The number of rotatable bonds is 5. The second kappa shape index (κ2) is 7.84. The lowest BCUT2D eigenvalue weighted by molar-refractivity contribution is 0.0697. The summed E-state index contributed by atoms with van der Waals surface area (Å²) in [5.41, 5.74) is 1.43. The highest BCUT2D eigenvalue weighted by molar-refractivity contribution is 5.92. The van der Waals surface area contributed by atoms with Crippen LogP contribution in [0.5, 0.6) is 5.75 Å². The van der Waals surface area contributed by atoms with Crippen molar-refractivity contribution < 1.29 is 14.1 Å². The van der Waals surface area contributed by atoms with E-state index in [0.29, 0.717) is 30.5 Å². The zero-order valence-corrected chi connectivity index (χ0v) is 16.0. The first-order chi connectivity index (χ1) is 13.6. The number of carbonyl (C=O) groups is 1. The van der Waals surface area contributed by atoms with E-state index < -0.39 is 0 Å². The fraction of sp³-hybridized carbons (Fsp3) is 0.400. The molecule has 1 saturated heterocycles. The van der Waals surface area contributed by atoms with Crippen LogP contribution < -0.4 is 4.74 Å². The largest absolute Gasteiger partial charge is 0.484 e. The zero-order valence-electron chi connectivity index (χ0n) is 16.0. The van der Waals surface area contributed by atoms with Gasteiger partial charge >= 0.3 is 0 Å². The predicted octanol–water partition coefficient (Wildman–Crippen LogP) is 2.71. The van der Waals surface area contributed by atoms with Gasteiger partial charge in [-0.3, -0.25) is 9.48 Å². The van der Waals surface area contributed by atoms with Crippen LogP contribution in [0.25, 0.3) is 0 Å². The van der Waals surface area contributed by atoms with Crippen LogP contribution in [0.4, 0.5) is 0 Å². The molecule has 0 bridgehead atoms. The van der Waals surface area contributed by atoms with Gasteiger partial charge in [0.2, 0.25) is 0 Å². The number of likely N-dealkylation sites (tertiary alicyclic amines) is 1. The van der Waals surface area contributed by atoms with Crippen LogP contribution in [-0.2, 0) is 13.7 Å². The van der Waals surface area contributed by atoms with Gasteiger partial charge in [0.15, 0.2) is 18.1 Å². The predicted molar refractivity (Wildman–Crippen MR) is 101 cm³/mol. The van der Waals surface area contributed by atoms with Gasteiger partial charge < -0.3 is 14.2 Å². The molecule has 1 aliphatic rings. The lowest BCUT2D eigenvalue weighted by Gasteiger charge is -2.30. The van der Waals surface area contributed by atoms with Crippen LogP contribution >= 0.6 is 0 Å². The maximum atomic E-state index is 12.8. The summed E-state index contributed by atoms with van der Waals surface area (Å²) in [5.74, 6) is 1.81. The van der Waals surface area contributed by atoms with Crippen LogP contribution in [0.3, 0.4) is 0 Å². The van der Waals surface area contributed by atoms with Crippen molar-refractivity contribution in [1.82, 2.24) is 24.8 Å². The second-order valence-electron chi connectivity index (χ2n) is 7.03. The first-order valence-corrected chi connectivity index (χ1v) is 9.40. The van der Waals surface area contributed by atoms with E-state index in [0.717, 1.165) is 24.3 Å². The van der Waals surface area contributed by atoms with Crippen LogP contribution in [-0.4, -0.2) is 43.8 Å². The van der Waals surface area contributed by atoms with Gasteiger partial charge in [-0.05, 0) is 38.0 Å². The Bertz CT molecular complexity index is 930. The molecule has 1 aromatic carbocycles. The molecule has 1 amide bonds. The van der Waals surface area contributed by atoms with Crippen molar-refractivity contribution in [3.63, 3.8) is 0 Å². The van der Waals surface area contributed by atoms with E-state index in [1.807, 2.05) is 55.3 Å². The Morgan fingerprint density at radius 3 is 2.89 bits per heavy atom. The number of carbonyl (C=O) groups excluding carboxylic acids is 1. The van der Waals surface area contributed by atoms with Crippen molar-refractivity contribution in [1.29, 1.82) is 0 Å². The summed E-state index contributed by atoms with van der Waals surface area (Å²) >= 11 is 0. The fourth-order valence-corrected chi connectivity index (χ4v) is 3.35. The average molecular weight is 381 g/mol. The SMILES string of the molecule is Cc1cc(C(=O)N2CCCC(c3noc(COc4ccccc4)n3)C2)nn1C. The average Bonchev–Trinajstić information content (AvgIpc) is 3.33. The molecule has 3 heterocycles. The van der Waals surface area contributed by atoms with Gasteiger partial charge in [0.25, 0.3) is 11.8 Å². The number of nitrogens with zero attached hydrogens (tertiary/aromatic N) is 5. The summed E-state index contributed by atoms with van der Waals surface area (Å²) in [7, 11) is 1.84. The molecule has 2 aromatic heterocycles. The number of aryl methyl sites for hydroxylation is 2. The molecule has 0 spiro atoms. The molecular weight excluding hydrogens is 358 g/mol. The van der Waals surface area contributed by atoms with Crippen LogP contribution in [0.1, 0.15) is 46.7 Å². The minimum Gasteiger partial charge on any atom is -0.484 e. The van der Waals surface area contributed by atoms with E-state index >= 15 is 0 Å². The number of hydrogen-bond donors (Lipinski definition) is 0. The molecule has 8 nitrogen and oxygen atoms in total. The van der Waals surface area contributed by atoms with Crippen LogP contribution in [0.15, 0.2) is 40.9 Å². The van der Waals surface area contributed by atoms with Gasteiger partial charge in [-0.1, -0.05) is 23.4 Å². The maximum Gasteiger partial charge on any atom is 0.274 e. The highest BCUT2D eigenvalue weighted by atomic mass is 16.5. The molecule has 0 saturated carbocycles. The summed E-state index contributed by atoms with van der Waals surface area (Å²) in [6, 6.07) is 11.3. The quantitative estimate of drug-likeness (QED) is 0.675. The molecule has 1 aliphatic heterocycles. The minimum absolute atomic E-state index is 0.0514. The standard InChI is InChI=1S/C20H23N5O3/c1-14-11-17(22-24(14)2)20(26)25-10-6-7-15(12-25)19-21-18(28-23-19)13-27-16-8-4-3-5-9-16/h3-5,8-9,11,15H,6-7,10,12-13H2,1-2H3. The fourth-order valence-electron chi connectivity index (χ4n) is 3.35. The van der Waals surface area contributed by atoms with Gasteiger partial charge in [0, 0.05) is 31.7 Å². The first kappa shape index (κ1) is 18.2. The third kappa shape index (κ3) is 3.90. The van der Waals surface area contributed by atoms with Gasteiger partial charge in [0.1, 0.15) is 5.75 Å². The van der Waals surface area contributed by atoms with E-state index in [1.54, 1.807) is 4.68 Å². The Labute approximate surface area is 163 Å². The van der Waals surface area contributed by atoms with E-state index in [4.69, 9.17) is 9.26 Å². The van der Waals surface area contributed by atoms with Crippen LogP contribution in [0.2, 0.25) is 0 Å². The number of hydrogen-bond acceptors (Lipinski definition) is 6. The summed E-state index contributed by atoms with van der Waals surface area (Å²) < 4.78 is 12.7. The Kier molecular flexibility index (Phi) is 5.10. The van der Waals surface area contributed by atoms with Crippen molar-refractivity contribution >= 4 is 5.91 Å². The topological polar surface area (TPSA) is 86.3 Å². The smallest absolute Gasteiger partial charge is 0.274 e. The highest BCUT2D eigenvalue weighted by Crippen LogP contribution is 2.26. The zero-order chi connectivity index (χ0) is 19.5. The molecule has 3 aromatic rings. The third-order valence-corrected chi connectivity index (χ3v) is 5.00. The lowest BCUT2D eigenvalue weighted by atomic mass is 9.97. The second-order valence-corrected chi connectivity index (χ2v) is 7.03. The van der Waals surface area contributed by atoms with Crippen molar-refractivity contribution in [2.75, 3.05) is 13.1 Å². The Morgan fingerprint density at radius 1 is 1.32 bits per heavy atom. The molecular formula is C20H23N5O3. The minimum atomic E-state index is -0.0514. The normalized spacial score (nSPS) is 16.9.